The van der Waals surface area contributed by atoms with Gasteiger partial charge in [0.05, 0.1) is 6.04 Å². The monoisotopic (exact) mass is 228 g/mol. The van der Waals surface area contributed by atoms with Crippen molar-refractivity contribution < 1.29 is 4.79 Å². The number of nitrogens with one attached hydrogen (secondary N) is 1. The molecule has 84 valence electrons. The summed E-state index contributed by atoms with van der Waals surface area (Å²) in [6.45, 7) is 2.54. The quantitative estimate of drug-likeness (QED) is 0.794. The molecule has 1 aromatic rings. The Kier molecular flexibility index (Phi) is 6.75. The Labute approximate surface area is 96.5 Å². The highest BCUT2D eigenvalue weighted by atomic mass is 35.5. The van der Waals surface area contributed by atoms with Gasteiger partial charge in [-0.15, -0.1) is 12.4 Å². The van der Waals surface area contributed by atoms with Gasteiger partial charge in [-0.3, -0.25) is 4.79 Å². The van der Waals surface area contributed by atoms with Crippen molar-refractivity contribution in [2.45, 2.75) is 19.4 Å². The Hall–Kier alpha value is -1.06. The zero-order valence-corrected chi connectivity index (χ0v) is 9.59. The molecule has 1 atom stereocenters. The smallest absolute Gasteiger partial charge is 0.234 e. The van der Waals surface area contributed by atoms with Crippen molar-refractivity contribution in [3.63, 3.8) is 0 Å². The summed E-state index contributed by atoms with van der Waals surface area (Å²) in [6.07, 6.45) is 0.915. The number of halogens is 1. The van der Waals surface area contributed by atoms with Gasteiger partial charge in [-0.2, -0.15) is 0 Å². The summed E-state index contributed by atoms with van der Waals surface area (Å²) in [6, 6.07) is 9.88. The van der Waals surface area contributed by atoms with Crippen LogP contribution in [-0.4, -0.2) is 18.5 Å². The molecule has 0 aliphatic carbocycles. The fourth-order valence-electron chi connectivity index (χ4n) is 1.18. The SMILES string of the molecule is C[C@H](NCCc1ccccc1)C(N)=O.Cl. The van der Waals surface area contributed by atoms with Crippen molar-refractivity contribution >= 4 is 18.3 Å². The van der Waals surface area contributed by atoms with Crippen LogP contribution in [0.5, 0.6) is 0 Å². The van der Waals surface area contributed by atoms with Gasteiger partial charge >= 0.3 is 0 Å². The molecule has 3 N–H and O–H groups in total. The average molecular weight is 229 g/mol. The lowest BCUT2D eigenvalue weighted by atomic mass is 10.1. The van der Waals surface area contributed by atoms with Crippen LogP contribution >= 0.6 is 12.4 Å². The van der Waals surface area contributed by atoms with Gasteiger partial charge in [-0.05, 0) is 25.5 Å². The standard InChI is InChI=1S/C11H16N2O.ClH/c1-9(11(12)14)13-8-7-10-5-3-2-4-6-10;/h2-6,9,13H,7-8H2,1H3,(H2,12,14);1H/t9-;/m0./s1. The number of carbonyl (C=O) groups excluding carboxylic acids is 1. The van der Waals surface area contributed by atoms with Crippen LogP contribution in [0.1, 0.15) is 12.5 Å². The third-order valence-electron chi connectivity index (χ3n) is 2.13. The van der Waals surface area contributed by atoms with Crippen molar-refractivity contribution in [3.05, 3.63) is 35.9 Å². The first-order chi connectivity index (χ1) is 6.70. The molecule has 0 unspecified atom stereocenters. The maximum atomic E-state index is 10.7. The second-order valence-electron chi connectivity index (χ2n) is 3.31. The van der Waals surface area contributed by atoms with E-state index in [0.717, 1.165) is 13.0 Å². The molecule has 0 aromatic heterocycles. The van der Waals surface area contributed by atoms with Crippen molar-refractivity contribution in [1.29, 1.82) is 0 Å². The molecule has 0 saturated carbocycles. The Bertz CT molecular complexity index is 290. The second kappa shape index (κ2) is 7.26. The zero-order chi connectivity index (χ0) is 10.4. The highest BCUT2D eigenvalue weighted by Crippen LogP contribution is 1.98. The molecule has 0 spiro atoms. The normalized spacial score (nSPS) is 11.5. The van der Waals surface area contributed by atoms with Gasteiger partial charge in [0.15, 0.2) is 0 Å². The van der Waals surface area contributed by atoms with Crippen LogP contribution in [0, 0.1) is 0 Å². The van der Waals surface area contributed by atoms with Crippen LogP contribution in [-0.2, 0) is 11.2 Å². The van der Waals surface area contributed by atoms with Gasteiger partial charge in [0.25, 0.3) is 0 Å². The van der Waals surface area contributed by atoms with Crippen molar-refractivity contribution in [1.82, 2.24) is 5.32 Å². The predicted octanol–water partition coefficient (Wildman–Crippen LogP) is 1.11. The molecule has 3 nitrogen and oxygen atoms in total. The third-order valence-corrected chi connectivity index (χ3v) is 2.13. The van der Waals surface area contributed by atoms with Crippen LogP contribution in [0.4, 0.5) is 0 Å². The van der Waals surface area contributed by atoms with E-state index < -0.39 is 0 Å². The van der Waals surface area contributed by atoms with Crippen molar-refractivity contribution in [2.75, 3.05) is 6.54 Å². The maximum Gasteiger partial charge on any atom is 0.234 e. The molecule has 1 rings (SSSR count). The Morgan fingerprint density at radius 1 is 1.40 bits per heavy atom. The van der Waals surface area contributed by atoms with Crippen LogP contribution in [0.15, 0.2) is 30.3 Å². The molecule has 0 heterocycles. The van der Waals surface area contributed by atoms with E-state index in [-0.39, 0.29) is 24.4 Å². The predicted molar refractivity (Wildman–Crippen MR) is 64.1 cm³/mol. The van der Waals surface area contributed by atoms with Gasteiger partial charge in [0, 0.05) is 0 Å². The minimum atomic E-state index is -0.307. The number of benzene rings is 1. The first kappa shape index (κ1) is 13.9. The van der Waals surface area contributed by atoms with E-state index >= 15 is 0 Å². The van der Waals surface area contributed by atoms with Crippen LogP contribution < -0.4 is 11.1 Å². The van der Waals surface area contributed by atoms with Gasteiger partial charge in [0.1, 0.15) is 0 Å². The van der Waals surface area contributed by atoms with E-state index in [1.165, 1.54) is 5.56 Å². The molecule has 0 aliphatic rings. The number of primary amides is 1. The lowest BCUT2D eigenvalue weighted by molar-refractivity contribution is -0.119. The molecule has 0 aliphatic heterocycles. The molecule has 4 heteroatoms. The molecule has 0 radical (unpaired) electrons. The molecule has 0 saturated heterocycles. The van der Waals surface area contributed by atoms with Crippen LogP contribution in [0.2, 0.25) is 0 Å². The van der Waals surface area contributed by atoms with Gasteiger partial charge in [-0.1, -0.05) is 30.3 Å². The number of hydrogen-bond donors (Lipinski definition) is 2. The summed E-state index contributed by atoms with van der Waals surface area (Å²) in [5.41, 5.74) is 6.37. The summed E-state index contributed by atoms with van der Waals surface area (Å²) in [7, 11) is 0. The Morgan fingerprint density at radius 3 is 2.53 bits per heavy atom. The molecular weight excluding hydrogens is 212 g/mol. The Balaban J connectivity index is 0.00000196. The fourth-order valence-corrected chi connectivity index (χ4v) is 1.18. The van der Waals surface area contributed by atoms with Gasteiger partial charge in [-0.25, -0.2) is 0 Å². The lowest BCUT2D eigenvalue weighted by Crippen LogP contribution is -2.39. The summed E-state index contributed by atoms with van der Waals surface area (Å²) in [5, 5.41) is 3.06. The first-order valence-electron chi connectivity index (χ1n) is 4.77. The van der Waals surface area contributed by atoms with Gasteiger partial charge < -0.3 is 11.1 Å². The number of carbonyl (C=O) groups is 1. The summed E-state index contributed by atoms with van der Waals surface area (Å²) >= 11 is 0. The van der Waals surface area contributed by atoms with Crippen LogP contribution in [0.3, 0.4) is 0 Å². The van der Waals surface area contributed by atoms with E-state index in [9.17, 15) is 4.79 Å². The number of nitrogens with two attached hydrogens (primary N) is 1. The number of rotatable bonds is 5. The van der Waals surface area contributed by atoms with E-state index in [2.05, 4.69) is 17.4 Å². The van der Waals surface area contributed by atoms with E-state index in [1.54, 1.807) is 6.92 Å². The highest BCUT2D eigenvalue weighted by Gasteiger charge is 2.05. The fraction of sp³-hybridized carbons (Fsp3) is 0.364. The minimum absolute atomic E-state index is 0. The lowest BCUT2D eigenvalue weighted by Gasteiger charge is -2.09. The van der Waals surface area contributed by atoms with Crippen molar-refractivity contribution in [3.8, 4) is 0 Å². The second-order valence-corrected chi connectivity index (χ2v) is 3.31. The summed E-state index contributed by atoms with van der Waals surface area (Å²) in [4.78, 5) is 10.7. The Morgan fingerprint density at radius 2 is 2.00 bits per heavy atom. The van der Waals surface area contributed by atoms with E-state index in [0.29, 0.717) is 0 Å². The summed E-state index contributed by atoms with van der Waals surface area (Å²) in [5.74, 6) is -0.307. The molecule has 1 aromatic carbocycles. The molecule has 15 heavy (non-hydrogen) atoms. The van der Waals surface area contributed by atoms with E-state index in [1.807, 2.05) is 18.2 Å². The topological polar surface area (TPSA) is 55.1 Å². The number of amides is 1. The third kappa shape index (κ3) is 5.40. The maximum absolute atomic E-state index is 10.7. The zero-order valence-electron chi connectivity index (χ0n) is 8.77. The molecule has 1 amide bonds. The number of hydrogen-bond acceptors (Lipinski definition) is 2. The molecular formula is C11H17ClN2O. The molecule has 0 fully saturated rings. The first-order valence-corrected chi connectivity index (χ1v) is 4.77. The largest absolute Gasteiger partial charge is 0.368 e. The minimum Gasteiger partial charge on any atom is -0.368 e. The average Bonchev–Trinajstić information content (AvgIpc) is 2.19. The van der Waals surface area contributed by atoms with Gasteiger partial charge in [0.2, 0.25) is 5.91 Å². The van der Waals surface area contributed by atoms with E-state index in [4.69, 9.17) is 5.73 Å². The van der Waals surface area contributed by atoms with Crippen molar-refractivity contribution in [2.24, 2.45) is 5.73 Å². The summed E-state index contributed by atoms with van der Waals surface area (Å²) < 4.78 is 0. The highest BCUT2D eigenvalue weighted by molar-refractivity contribution is 5.85. The molecule has 0 bridgehead atoms. The van der Waals surface area contributed by atoms with Crippen LogP contribution in [0.25, 0.3) is 0 Å².